The van der Waals surface area contributed by atoms with Crippen molar-refractivity contribution in [3.8, 4) is 0 Å². The van der Waals surface area contributed by atoms with Crippen LogP contribution in [0.25, 0.3) is 0 Å². The molecule has 2 aromatic heterocycles. The Bertz CT molecular complexity index is 517. The third-order valence-corrected chi connectivity index (χ3v) is 2.90. The van der Waals surface area contributed by atoms with Crippen molar-refractivity contribution in [3.63, 3.8) is 0 Å². The van der Waals surface area contributed by atoms with E-state index in [4.69, 9.17) is 16.1 Å². The molecule has 1 N–H and O–H groups in total. The highest BCUT2D eigenvalue weighted by atomic mass is 35.5. The van der Waals surface area contributed by atoms with Gasteiger partial charge in [0.2, 0.25) is 0 Å². The Labute approximate surface area is 105 Å². The lowest BCUT2D eigenvalue weighted by atomic mass is 10.2. The van der Waals surface area contributed by atoms with Crippen molar-refractivity contribution in [2.45, 2.75) is 27.3 Å². The van der Waals surface area contributed by atoms with Crippen LogP contribution in [0, 0.1) is 20.8 Å². The van der Waals surface area contributed by atoms with Crippen LogP contribution in [0.4, 0.5) is 5.69 Å². The summed E-state index contributed by atoms with van der Waals surface area (Å²) in [7, 11) is 0. The Morgan fingerprint density at radius 3 is 2.59 bits per heavy atom. The van der Waals surface area contributed by atoms with Crippen molar-refractivity contribution in [3.05, 3.63) is 40.0 Å². The molecular formula is C12H14ClN3O. The van der Waals surface area contributed by atoms with Crippen LogP contribution in [0.2, 0.25) is 5.15 Å². The van der Waals surface area contributed by atoms with E-state index in [1.165, 1.54) is 0 Å². The van der Waals surface area contributed by atoms with Crippen molar-refractivity contribution in [2.75, 3.05) is 5.32 Å². The van der Waals surface area contributed by atoms with E-state index in [2.05, 4.69) is 15.5 Å². The van der Waals surface area contributed by atoms with Gasteiger partial charge in [-0.15, -0.1) is 0 Å². The summed E-state index contributed by atoms with van der Waals surface area (Å²) in [6.45, 7) is 6.43. The van der Waals surface area contributed by atoms with Crippen LogP contribution in [0.3, 0.4) is 0 Å². The molecular weight excluding hydrogens is 238 g/mol. The minimum Gasteiger partial charge on any atom is -0.379 e. The normalized spacial score (nSPS) is 10.6. The zero-order valence-electron chi connectivity index (χ0n) is 10.0. The van der Waals surface area contributed by atoms with E-state index in [0.717, 1.165) is 28.4 Å². The summed E-state index contributed by atoms with van der Waals surface area (Å²) >= 11 is 5.80. The van der Waals surface area contributed by atoms with Gasteiger partial charge in [-0.2, -0.15) is 0 Å². The number of anilines is 1. The molecule has 0 saturated carbocycles. The Balaban J connectivity index is 2.13. The molecule has 90 valence electrons. The lowest BCUT2D eigenvalue weighted by molar-refractivity contribution is 0.392. The number of hydrogen-bond donors (Lipinski definition) is 1. The molecule has 0 aliphatic carbocycles. The summed E-state index contributed by atoms with van der Waals surface area (Å²) in [5.41, 5.74) is 3.84. The summed E-state index contributed by atoms with van der Waals surface area (Å²) in [5.74, 6) is 0.842. The van der Waals surface area contributed by atoms with Crippen molar-refractivity contribution in [1.29, 1.82) is 0 Å². The van der Waals surface area contributed by atoms with Crippen LogP contribution in [0.15, 0.2) is 16.7 Å². The van der Waals surface area contributed by atoms with Crippen LogP contribution < -0.4 is 5.32 Å². The first kappa shape index (κ1) is 11.9. The van der Waals surface area contributed by atoms with Crippen molar-refractivity contribution in [2.24, 2.45) is 0 Å². The number of hydrogen-bond acceptors (Lipinski definition) is 4. The lowest BCUT2D eigenvalue weighted by Crippen LogP contribution is -2.03. The molecule has 0 unspecified atom stereocenters. The monoisotopic (exact) mass is 251 g/mol. The first-order valence-corrected chi connectivity index (χ1v) is 5.74. The summed E-state index contributed by atoms with van der Waals surface area (Å²) in [6, 6.07) is 3.69. The van der Waals surface area contributed by atoms with Gasteiger partial charge in [-0.3, -0.25) is 0 Å². The van der Waals surface area contributed by atoms with Gasteiger partial charge in [0, 0.05) is 12.1 Å². The average Bonchev–Trinajstić information content (AvgIpc) is 2.58. The maximum absolute atomic E-state index is 5.80. The molecule has 2 aromatic rings. The van der Waals surface area contributed by atoms with E-state index in [-0.39, 0.29) is 0 Å². The van der Waals surface area contributed by atoms with Crippen LogP contribution >= 0.6 is 11.6 Å². The second-order valence-corrected chi connectivity index (χ2v) is 4.31. The van der Waals surface area contributed by atoms with Gasteiger partial charge in [-0.25, -0.2) is 4.98 Å². The summed E-state index contributed by atoms with van der Waals surface area (Å²) < 4.78 is 5.11. The minimum absolute atomic E-state index is 0.505. The number of nitrogens with one attached hydrogen (secondary N) is 1. The summed E-state index contributed by atoms with van der Waals surface area (Å²) in [4.78, 5) is 4.18. The van der Waals surface area contributed by atoms with Gasteiger partial charge in [0.25, 0.3) is 0 Å². The maximum Gasteiger partial charge on any atom is 0.138 e. The molecule has 5 heteroatoms. The van der Waals surface area contributed by atoms with E-state index >= 15 is 0 Å². The van der Waals surface area contributed by atoms with Crippen molar-refractivity contribution < 1.29 is 4.52 Å². The number of pyridine rings is 1. The molecule has 2 heterocycles. The summed E-state index contributed by atoms with van der Waals surface area (Å²) in [6.07, 6.45) is 0. The smallest absolute Gasteiger partial charge is 0.138 e. The molecule has 17 heavy (non-hydrogen) atoms. The van der Waals surface area contributed by atoms with Crippen LogP contribution in [0.5, 0.6) is 0 Å². The third-order valence-electron chi connectivity index (χ3n) is 2.69. The van der Waals surface area contributed by atoms with Crippen LogP contribution in [0.1, 0.15) is 22.7 Å². The second kappa shape index (κ2) is 4.75. The molecule has 0 saturated heterocycles. The molecule has 0 aliphatic rings. The van der Waals surface area contributed by atoms with Crippen molar-refractivity contribution >= 4 is 17.3 Å². The molecule has 4 nitrogen and oxygen atoms in total. The molecule has 0 fully saturated rings. The Morgan fingerprint density at radius 2 is 2.00 bits per heavy atom. The van der Waals surface area contributed by atoms with E-state index in [1.807, 2.05) is 26.8 Å². The zero-order chi connectivity index (χ0) is 12.4. The van der Waals surface area contributed by atoms with Gasteiger partial charge in [0.1, 0.15) is 10.9 Å². The minimum atomic E-state index is 0.505. The molecule has 0 aliphatic heterocycles. The number of nitrogens with zero attached hydrogens (tertiary/aromatic N) is 2. The topological polar surface area (TPSA) is 51.0 Å². The zero-order valence-corrected chi connectivity index (χ0v) is 10.8. The first-order chi connectivity index (χ1) is 8.08. The SMILES string of the molecule is Cc1nc(Cl)ccc1NCc1c(C)noc1C. The van der Waals surface area contributed by atoms with Gasteiger partial charge in [0.15, 0.2) is 0 Å². The number of aromatic nitrogens is 2. The fourth-order valence-electron chi connectivity index (χ4n) is 1.66. The Kier molecular flexibility index (Phi) is 3.33. The fourth-order valence-corrected chi connectivity index (χ4v) is 1.84. The Morgan fingerprint density at radius 1 is 1.24 bits per heavy atom. The van der Waals surface area contributed by atoms with Gasteiger partial charge in [-0.05, 0) is 32.9 Å². The van der Waals surface area contributed by atoms with Crippen molar-refractivity contribution in [1.82, 2.24) is 10.1 Å². The number of rotatable bonds is 3. The van der Waals surface area contributed by atoms with E-state index in [9.17, 15) is 0 Å². The standard InChI is InChI=1S/C12H14ClN3O/c1-7-10(9(3)17-16-7)6-14-11-4-5-12(13)15-8(11)2/h4-5,14H,6H2,1-3H3. The van der Waals surface area contributed by atoms with Gasteiger partial charge in [0.05, 0.1) is 17.1 Å². The van der Waals surface area contributed by atoms with Crippen LogP contribution in [-0.4, -0.2) is 10.1 Å². The predicted octanol–water partition coefficient (Wildman–Crippen LogP) is 3.26. The molecule has 0 radical (unpaired) electrons. The van der Waals surface area contributed by atoms with Gasteiger partial charge < -0.3 is 9.84 Å². The second-order valence-electron chi connectivity index (χ2n) is 3.92. The highest BCUT2D eigenvalue weighted by Crippen LogP contribution is 2.18. The van der Waals surface area contributed by atoms with E-state index < -0.39 is 0 Å². The molecule has 2 rings (SSSR count). The molecule has 0 spiro atoms. The summed E-state index contributed by atoms with van der Waals surface area (Å²) in [5, 5.41) is 7.72. The average molecular weight is 252 g/mol. The number of aryl methyl sites for hydroxylation is 3. The van der Waals surface area contributed by atoms with Gasteiger partial charge in [-0.1, -0.05) is 16.8 Å². The highest BCUT2D eigenvalue weighted by Gasteiger charge is 2.09. The quantitative estimate of drug-likeness (QED) is 0.851. The first-order valence-electron chi connectivity index (χ1n) is 5.36. The molecule has 0 aromatic carbocycles. The lowest BCUT2D eigenvalue weighted by Gasteiger charge is -2.08. The van der Waals surface area contributed by atoms with Gasteiger partial charge >= 0.3 is 0 Å². The Hall–Kier alpha value is -1.55. The third kappa shape index (κ3) is 2.58. The highest BCUT2D eigenvalue weighted by molar-refractivity contribution is 6.29. The van der Waals surface area contributed by atoms with E-state index in [1.54, 1.807) is 6.07 Å². The van der Waals surface area contributed by atoms with Crippen LogP contribution in [-0.2, 0) is 6.54 Å². The fraction of sp³-hybridized carbons (Fsp3) is 0.333. The largest absolute Gasteiger partial charge is 0.379 e. The molecule has 0 atom stereocenters. The maximum atomic E-state index is 5.80. The molecule has 0 amide bonds. The predicted molar refractivity (Wildman–Crippen MR) is 67.3 cm³/mol. The molecule has 0 bridgehead atoms. The number of halogens is 1. The van der Waals surface area contributed by atoms with E-state index in [0.29, 0.717) is 11.7 Å².